The van der Waals surface area contributed by atoms with E-state index in [-0.39, 0.29) is 18.2 Å². The first-order chi connectivity index (χ1) is 17.0. The molecule has 1 unspecified atom stereocenters. The SMILES string of the molecule is COC(=O)N1c2ccc(-c3cnn(C4CCNCC4)c3)cc2N(C(=O)OC2CCCNC2)C[C@@H]1C. The quantitative estimate of drug-likeness (QED) is 0.693. The van der Waals surface area contributed by atoms with Gasteiger partial charge < -0.3 is 20.1 Å². The maximum Gasteiger partial charge on any atom is 0.414 e. The molecule has 2 aromatic rings. The molecule has 0 radical (unpaired) electrons. The summed E-state index contributed by atoms with van der Waals surface area (Å²) in [5.41, 5.74) is 3.16. The van der Waals surface area contributed by atoms with Gasteiger partial charge in [0.2, 0.25) is 0 Å². The minimum absolute atomic E-state index is 0.153. The van der Waals surface area contributed by atoms with Crippen molar-refractivity contribution in [1.82, 2.24) is 20.4 Å². The fraction of sp³-hybridized carbons (Fsp3) is 0.560. The zero-order valence-corrected chi connectivity index (χ0v) is 20.4. The number of carbonyl (C=O) groups excluding carboxylic acids is 2. The van der Waals surface area contributed by atoms with Crippen LogP contribution in [0.1, 0.15) is 38.6 Å². The number of fused-ring (bicyclic) bond motifs is 1. The number of benzene rings is 1. The number of ether oxygens (including phenoxy) is 2. The van der Waals surface area contributed by atoms with Gasteiger partial charge in [-0.15, -0.1) is 0 Å². The van der Waals surface area contributed by atoms with Gasteiger partial charge in [0.05, 0.1) is 43.3 Å². The lowest BCUT2D eigenvalue weighted by atomic mass is 10.0. The molecule has 10 nitrogen and oxygen atoms in total. The highest BCUT2D eigenvalue weighted by molar-refractivity contribution is 6.01. The van der Waals surface area contributed by atoms with Crippen molar-refractivity contribution in [2.45, 2.75) is 50.8 Å². The van der Waals surface area contributed by atoms with Crippen LogP contribution in [0.25, 0.3) is 11.1 Å². The molecule has 0 aliphatic carbocycles. The highest BCUT2D eigenvalue weighted by Gasteiger charge is 2.37. The van der Waals surface area contributed by atoms with Gasteiger partial charge in [-0.25, -0.2) is 9.59 Å². The lowest BCUT2D eigenvalue weighted by Crippen LogP contribution is -2.53. The van der Waals surface area contributed by atoms with Crippen molar-refractivity contribution in [2.75, 3.05) is 49.6 Å². The van der Waals surface area contributed by atoms with Gasteiger partial charge in [0.1, 0.15) is 6.10 Å². The number of methoxy groups -OCH3 is 1. The molecule has 3 aliphatic heterocycles. The van der Waals surface area contributed by atoms with E-state index in [9.17, 15) is 9.59 Å². The van der Waals surface area contributed by atoms with Gasteiger partial charge in [-0.1, -0.05) is 6.07 Å². The second-order valence-electron chi connectivity index (χ2n) is 9.55. The van der Waals surface area contributed by atoms with Crippen molar-refractivity contribution >= 4 is 23.6 Å². The minimum atomic E-state index is -0.449. The smallest absolute Gasteiger partial charge is 0.414 e. The first kappa shape index (κ1) is 23.6. The molecule has 0 spiro atoms. The third kappa shape index (κ3) is 4.85. The largest absolute Gasteiger partial charge is 0.452 e. The van der Waals surface area contributed by atoms with Crippen molar-refractivity contribution < 1.29 is 19.1 Å². The van der Waals surface area contributed by atoms with Crippen molar-refractivity contribution in [3.05, 3.63) is 30.6 Å². The Labute approximate surface area is 205 Å². The van der Waals surface area contributed by atoms with Gasteiger partial charge in [-0.05, 0) is 69.9 Å². The number of hydrogen-bond acceptors (Lipinski definition) is 7. The van der Waals surface area contributed by atoms with Gasteiger partial charge in [0.15, 0.2) is 0 Å². The molecule has 4 heterocycles. The van der Waals surface area contributed by atoms with E-state index < -0.39 is 6.09 Å². The van der Waals surface area contributed by atoms with Crippen LogP contribution in [-0.2, 0) is 9.47 Å². The van der Waals surface area contributed by atoms with Gasteiger partial charge in [0, 0.05) is 18.3 Å². The van der Waals surface area contributed by atoms with E-state index >= 15 is 0 Å². The summed E-state index contributed by atoms with van der Waals surface area (Å²) >= 11 is 0. The molecule has 2 fully saturated rings. The molecular formula is C25H34N6O4. The summed E-state index contributed by atoms with van der Waals surface area (Å²) in [7, 11) is 1.37. The van der Waals surface area contributed by atoms with Crippen LogP contribution in [0.15, 0.2) is 30.6 Å². The Morgan fingerprint density at radius 2 is 1.86 bits per heavy atom. The summed E-state index contributed by atoms with van der Waals surface area (Å²) in [5.74, 6) is 0. The Kier molecular flexibility index (Phi) is 6.92. The molecule has 188 valence electrons. The maximum absolute atomic E-state index is 13.3. The van der Waals surface area contributed by atoms with Crippen LogP contribution in [-0.4, -0.2) is 73.9 Å². The Hall–Kier alpha value is -3.11. The van der Waals surface area contributed by atoms with E-state index in [0.717, 1.165) is 56.4 Å². The third-order valence-electron chi connectivity index (χ3n) is 7.14. The number of carbonyl (C=O) groups is 2. The molecule has 0 bridgehead atoms. The highest BCUT2D eigenvalue weighted by Crippen LogP contribution is 2.39. The van der Waals surface area contributed by atoms with Crippen molar-refractivity contribution in [3.63, 3.8) is 0 Å². The first-order valence-corrected chi connectivity index (χ1v) is 12.5. The molecule has 5 rings (SSSR count). The van der Waals surface area contributed by atoms with Crippen LogP contribution in [0.5, 0.6) is 0 Å². The van der Waals surface area contributed by atoms with Crippen LogP contribution in [0, 0.1) is 0 Å². The molecule has 0 saturated carbocycles. The Morgan fingerprint density at radius 3 is 2.60 bits per heavy atom. The summed E-state index contributed by atoms with van der Waals surface area (Å²) in [6.45, 7) is 5.81. The monoisotopic (exact) mass is 482 g/mol. The van der Waals surface area contributed by atoms with Crippen molar-refractivity contribution in [3.8, 4) is 11.1 Å². The highest BCUT2D eigenvalue weighted by atomic mass is 16.6. The molecule has 2 atom stereocenters. The molecule has 35 heavy (non-hydrogen) atoms. The predicted octanol–water partition coefficient (Wildman–Crippen LogP) is 3.14. The summed E-state index contributed by atoms with van der Waals surface area (Å²) < 4.78 is 12.9. The number of anilines is 2. The van der Waals surface area contributed by atoms with Crippen LogP contribution in [0.3, 0.4) is 0 Å². The number of amides is 2. The van der Waals surface area contributed by atoms with E-state index in [2.05, 4.69) is 21.9 Å². The fourth-order valence-electron chi connectivity index (χ4n) is 5.24. The van der Waals surface area contributed by atoms with Gasteiger partial charge in [0.25, 0.3) is 0 Å². The number of nitrogens with zero attached hydrogens (tertiary/aromatic N) is 4. The van der Waals surface area contributed by atoms with Crippen molar-refractivity contribution in [1.29, 1.82) is 0 Å². The number of aromatic nitrogens is 2. The zero-order valence-electron chi connectivity index (χ0n) is 20.4. The van der Waals surface area contributed by atoms with Gasteiger partial charge >= 0.3 is 12.2 Å². The molecule has 2 N–H and O–H groups in total. The van der Waals surface area contributed by atoms with E-state index in [4.69, 9.17) is 9.47 Å². The molecule has 2 amide bonds. The Morgan fingerprint density at radius 1 is 1.03 bits per heavy atom. The lowest BCUT2D eigenvalue weighted by molar-refractivity contribution is 0.0876. The average Bonchev–Trinajstić information content (AvgIpc) is 3.39. The van der Waals surface area contributed by atoms with Crippen LogP contribution in [0.4, 0.5) is 21.0 Å². The molecule has 1 aromatic carbocycles. The van der Waals surface area contributed by atoms with Crippen molar-refractivity contribution in [2.24, 2.45) is 0 Å². The number of nitrogens with one attached hydrogen (secondary N) is 2. The topological polar surface area (TPSA) is 101 Å². The average molecular weight is 483 g/mol. The van der Waals surface area contributed by atoms with E-state index in [1.54, 1.807) is 9.80 Å². The van der Waals surface area contributed by atoms with Gasteiger partial charge in [-0.3, -0.25) is 14.5 Å². The summed E-state index contributed by atoms with van der Waals surface area (Å²) in [6.07, 6.45) is 6.86. The third-order valence-corrected chi connectivity index (χ3v) is 7.14. The van der Waals surface area contributed by atoms with E-state index in [1.807, 2.05) is 36.0 Å². The number of rotatable bonds is 3. The lowest BCUT2D eigenvalue weighted by Gasteiger charge is -2.40. The van der Waals surface area contributed by atoms with E-state index in [0.29, 0.717) is 30.5 Å². The predicted molar refractivity (Wildman–Crippen MR) is 133 cm³/mol. The van der Waals surface area contributed by atoms with Crippen LogP contribution < -0.4 is 20.4 Å². The van der Waals surface area contributed by atoms with E-state index in [1.165, 1.54) is 7.11 Å². The normalized spacial score (nSPS) is 23.0. The molecular weight excluding hydrogens is 448 g/mol. The molecule has 3 aliphatic rings. The van der Waals surface area contributed by atoms with Gasteiger partial charge in [-0.2, -0.15) is 5.10 Å². The molecule has 2 saturated heterocycles. The Balaban J connectivity index is 1.46. The maximum atomic E-state index is 13.3. The number of piperidine rings is 2. The number of hydrogen-bond donors (Lipinski definition) is 2. The first-order valence-electron chi connectivity index (χ1n) is 12.5. The summed E-state index contributed by atoms with van der Waals surface area (Å²) in [4.78, 5) is 29.2. The zero-order chi connectivity index (χ0) is 24.4. The second kappa shape index (κ2) is 10.2. The summed E-state index contributed by atoms with van der Waals surface area (Å²) in [6, 6.07) is 5.91. The van der Waals surface area contributed by atoms with Crippen LogP contribution >= 0.6 is 0 Å². The standard InChI is InChI=1S/C25H34N6O4/c1-17-15-29(24(32)35-21-4-3-9-27-14-21)23-12-18(5-6-22(23)31(17)25(33)34-2)19-13-28-30(16-19)20-7-10-26-11-8-20/h5-6,12-13,16-17,20-21,26-27H,3-4,7-11,14-15H2,1-2H3/t17-,21?/m0/s1. The Bertz CT molecular complexity index is 1060. The minimum Gasteiger partial charge on any atom is -0.452 e. The van der Waals surface area contributed by atoms with Crippen LogP contribution in [0.2, 0.25) is 0 Å². The molecule has 10 heteroatoms. The fourth-order valence-corrected chi connectivity index (χ4v) is 5.24. The second-order valence-corrected chi connectivity index (χ2v) is 9.55. The molecule has 1 aromatic heterocycles. The summed E-state index contributed by atoms with van der Waals surface area (Å²) in [5, 5.41) is 11.3.